The van der Waals surface area contributed by atoms with Crippen molar-refractivity contribution in [1.29, 1.82) is 0 Å². The predicted molar refractivity (Wildman–Crippen MR) is 117 cm³/mol. The summed E-state index contributed by atoms with van der Waals surface area (Å²) in [5.74, 6) is 0.566. The van der Waals surface area contributed by atoms with E-state index in [1.165, 1.54) is 4.31 Å². The van der Waals surface area contributed by atoms with E-state index in [9.17, 15) is 13.2 Å². The summed E-state index contributed by atoms with van der Waals surface area (Å²) in [5, 5.41) is 10.5. The predicted octanol–water partition coefficient (Wildman–Crippen LogP) is 2.55. The Balaban J connectivity index is 1.26. The van der Waals surface area contributed by atoms with Gasteiger partial charge in [-0.3, -0.25) is 10.1 Å². The molecule has 0 aliphatic carbocycles. The summed E-state index contributed by atoms with van der Waals surface area (Å²) in [7, 11) is -3.66. The smallest absolute Gasteiger partial charge is 0.322 e. The van der Waals surface area contributed by atoms with Gasteiger partial charge in [-0.15, -0.1) is 5.10 Å². The molecule has 1 aromatic heterocycles. The number of fused-ring (bicyclic) bond motifs is 1. The van der Waals surface area contributed by atoms with Crippen molar-refractivity contribution in [3.8, 4) is 23.0 Å². The third kappa shape index (κ3) is 4.41. The first-order chi connectivity index (χ1) is 16.0. The number of carbonyl (C=O) groups is 1. The average molecular weight is 471 g/mol. The van der Waals surface area contributed by atoms with Crippen LogP contribution in [-0.4, -0.2) is 55.1 Å². The molecule has 1 fully saturated rings. The van der Waals surface area contributed by atoms with Gasteiger partial charge in [-0.2, -0.15) is 4.31 Å². The van der Waals surface area contributed by atoms with Crippen molar-refractivity contribution in [2.45, 2.75) is 17.7 Å². The van der Waals surface area contributed by atoms with Gasteiger partial charge in [0.2, 0.25) is 21.8 Å². The lowest BCUT2D eigenvalue weighted by Crippen LogP contribution is -2.43. The summed E-state index contributed by atoms with van der Waals surface area (Å²) >= 11 is 0. The number of aromatic nitrogens is 2. The van der Waals surface area contributed by atoms with E-state index in [0.717, 1.165) is 0 Å². The highest BCUT2D eigenvalue weighted by Gasteiger charge is 2.33. The monoisotopic (exact) mass is 470 g/mol. The fraction of sp³-hybridized carbons (Fsp3) is 0.318. The largest absolute Gasteiger partial charge is 0.486 e. The van der Waals surface area contributed by atoms with Gasteiger partial charge >= 0.3 is 6.01 Å². The maximum atomic E-state index is 12.9. The van der Waals surface area contributed by atoms with Gasteiger partial charge in [0, 0.05) is 18.7 Å². The molecular formula is C22H22N4O6S. The Kier molecular flexibility index (Phi) is 5.73. The second kappa shape index (κ2) is 8.83. The molecule has 172 valence electrons. The van der Waals surface area contributed by atoms with Crippen molar-refractivity contribution < 1.29 is 27.1 Å². The van der Waals surface area contributed by atoms with Crippen molar-refractivity contribution in [3.63, 3.8) is 0 Å². The van der Waals surface area contributed by atoms with Crippen molar-refractivity contribution in [1.82, 2.24) is 14.5 Å². The Hall–Kier alpha value is -3.44. The summed E-state index contributed by atoms with van der Waals surface area (Å²) in [6.07, 6.45) is 1.15. The minimum Gasteiger partial charge on any atom is -0.486 e. The van der Waals surface area contributed by atoms with Crippen molar-refractivity contribution in [2.24, 2.45) is 5.92 Å². The second-order valence-corrected chi connectivity index (χ2v) is 9.71. The Morgan fingerprint density at radius 1 is 1.03 bits per heavy atom. The zero-order valence-corrected chi connectivity index (χ0v) is 18.5. The first-order valence-electron chi connectivity index (χ1n) is 10.6. The molecule has 5 rings (SSSR count). The van der Waals surface area contributed by atoms with E-state index in [-0.39, 0.29) is 29.3 Å². The molecule has 1 unspecified atom stereocenters. The third-order valence-electron chi connectivity index (χ3n) is 5.58. The standard InChI is InChI=1S/C22H22N4O6S/c27-20(16-5-4-10-26(14-16)33(28,29)17-6-2-1-3-7-17)23-22-25-24-21(32-22)15-8-9-18-19(13-15)31-12-11-30-18/h1-3,6-9,13,16H,4-5,10-12,14H2,(H,23,25,27). The molecule has 11 heteroatoms. The van der Waals surface area contributed by atoms with E-state index in [0.29, 0.717) is 49.7 Å². The summed E-state index contributed by atoms with van der Waals surface area (Å²) in [6, 6.07) is 13.4. The summed E-state index contributed by atoms with van der Waals surface area (Å²) in [4.78, 5) is 13.0. The molecule has 1 N–H and O–H groups in total. The SMILES string of the molecule is O=C(Nc1nnc(-c2ccc3c(c2)OCCO3)o1)C1CCCN(S(=O)(=O)c2ccccc2)C1. The van der Waals surface area contributed by atoms with Crippen LogP contribution in [0, 0.1) is 5.92 Å². The number of piperidine rings is 1. The maximum Gasteiger partial charge on any atom is 0.322 e. The first kappa shape index (κ1) is 21.4. The molecule has 3 heterocycles. The number of amides is 1. The molecule has 2 aromatic carbocycles. The normalized spacial score (nSPS) is 18.6. The van der Waals surface area contributed by atoms with Crippen molar-refractivity contribution in [2.75, 3.05) is 31.6 Å². The van der Waals surface area contributed by atoms with Crippen LogP contribution < -0.4 is 14.8 Å². The van der Waals surface area contributed by atoms with E-state index in [4.69, 9.17) is 13.9 Å². The van der Waals surface area contributed by atoms with E-state index < -0.39 is 15.9 Å². The lowest BCUT2D eigenvalue weighted by atomic mass is 9.99. The maximum absolute atomic E-state index is 12.9. The molecule has 2 aliphatic heterocycles. The van der Waals surface area contributed by atoms with Gasteiger partial charge < -0.3 is 13.9 Å². The fourth-order valence-electron chi connectivity index (χ4n) is 3.89. The number of nitrogens with one attached hydrogen (secondary N) is 1. The highest BCUT2D eigenvalue weighted by Crippen LogP contribution is 2.34. The van der Waals surface area contributed by atoms with Gasteiger partial charge in [-0.1, -0.05) is 23.3 Å². The third-order valence-corrected chi connectivity index (χ3v) is 7.46. The number of rotatable bonds is 5. The molecule has 1 atom stereocenters. The molecule has 33 heavy (non-hydrogen) atoms. The van der Waals surface area contributed by atoms with Gasteiger partial charge in [-0.25, -0.2) is 8.42 Å². The second-order valence-electron chi connectivity index (χ2n) is 7.78. The number of sulfonamides is 1. The van der Waals surface area contributed by atoms with Gasteiger partial charge in [0.25, 0.3) is 0 Å². The van der Waals surface area contributed by atoms with Gasteiger partial charge in [0.15, 0.2) is 11.5 Å². The van der Waals surface area contributed by atoms with Crippen LogP contribution in [0.25, 0.3) is 11.5 Å². The van der Waals surface area contributed by atoms with E-state index in [1.54, 1.807) is 48.5 Å². The molecular weight excluding hydrogens is 448 g/mol. The van der Waals surface area contributed by atoms with Crippen LogP contribution >= 0.6 is 0 Å². The lowest BCUT2D eigenvalue weighted by Gasteiger charge is -2.30. The number of benzene rings is 2. The highest BCUT2D eigenvalue weighted by atomic mass is 32.2. The Labute approximate surface area is 190 Å². The molecule has 0 radical (unpaired) electrons. The van der Waals surface area contributed by atoms with Crippen molar-refractivity contribution >= 4 is 21.9 Å². The molecule has 10 nitrogen and oxygen atoms in total. The summed E-state index contributed by atoms with van der Waals surface area (Å²) in [5.41, 5.74) is 0.630. The molecule has 1 amide bonds. The lowest BCUT2D eigenvalue weighted by molar-refractivity contribution is -0.121. The summed E-state index contributed by atoms with van der Waals surface area (Å²) < 4.78 is 43.8. The highest BCUT2D eigenvalue weighted by molar-refractivity contribution is 7.89. The molecule has 1 saturated heterocycles. The Morgan fingerprint density at radius 2 is 1.82 bits per heavy atom. The molecule has 0 spiro atoms. The van der Waals surface area contributed by atoms with E-state index >= 15 is 0 Å². The van der Waals surface area contributed by atoms with Crippen LogP contribution in [0.3, 0.4) is 0 Å². The number of carbonyl (C=O) groups excluding carboxylic acids is 1. The number of hydrogen-bond acceptors (Lipinski definition) is 8. The minimum absolute atomic E-state index is 0.0482. The average Bonchev–Trinajstić information content (AvgIpc) is 3.33. The Bertz CT molecular complexity index is 1260. The van der Waals surface area contributed by atoms with Crippen LogP contribution in [0.2, 0.25) is 0 Å². The zero-order valence-electron chi connectivity index (χ0n) is 17.6. The Morgan fingerprint density at radius 3 is 2.64 bits per heavy atom. The van der Waals surface area contributed by atoms with Crippen molar-refractivity contribution in [3.05, 3.63) is 48.5 Å². The molecule has 0 saturated carbocycles. The zero-order chi connectivity index (χ0) is 22.8. The number of hydrogen-bond donors (Lipinski definition) is 1. The van der Waals surface area contributed by atoms with E-state index in [2.05, 4.69) is 15.5 Å². The van der Waals surface area contributed by atoms with Gasteiger partial charge in [-0.05, 0) is 43.2 Å². The number of nitrogens with zero attached hydrogens (tertiary/aromatic N) is 3. The number of ether oxygens (including phenoxy) is 2. The molecule has 0 bridgehead atoms. The van der Waals surface area contributed by atoms with Crippen LogP contribution in [0.15, 0.2) is 57.8 Å². The summed E-state index contributed by atoms with van der Waals surface area (Å²) in [6.45, 7) is 1.41. The molecule has 2 aliphatic rings. The first-order valence-corrected chi connectivity index (χ1v) is 12.0. The number of anilines is 1. The topological polar surface area (TPSA) is 124 Å². The van der Waals surface area contributed by atoms with Crippen LogP contribution in [0.4, 0.5) is 6.01 Å². The van der Waals surface area contributed by atoms with Crippen LogP contribution in [-0.2, 0) is 14.8 Å². The van der Waals surface area contributed by atoms with Gasteiger partial charge in [0.1, 0.15) is 13.2 Å². The van der Waals surface area contributed by atoms with Gasteiger partial charge in [0.05, 0.1) is 10.8 Å². The fourth-order valence-corrected chi connectivity index (χ4v) is 5.44. The van der Waals surface area contributed by atoms with Crippen LogP contribution in [0.1, 0.15) is 12.8 Å². The van der Waals surface area contributed by atoms with Crippen LogP contribution in [0.5, 0.6) is 11.5 Å². The minimum atomic E-state index is -3.66. The van der Waals surface area contributed by atoms with E-state index in [1.807, 2.05) is 0 Å². The quantitative estimate of drug-likeness (QED) is 0.603. The molecule has 3 aromatic rings.